The van der Waals surface area contributed by atoms with Crippen LogP contribution in [-0.2, 0) is 17.6 Å². The SMILES string of the molecule is CCOC(=O)Oc1ccc(NC(=O)NC(C)c2ccc3c(c2)CCCC3)cc1. The number of benzene rings is 2. The molecule has 1 aliphatic rings. The van der Waals surface area contributed by atoms with Crippen LogP contribution in [-0.4, -0.2) is 18.8 Å². The second-order valence-corrected chi connectivity index (χ2v) is 6.86. The van der Waals surface area contributed by atoms with Crippen LogP contribution in [0, 0.1) is 0 Å². The molecule has 2 N–H and O–H groups in total. The van der Waals surface area contributed by atoms with Gasteiger partial charge in [0.2, 0.25) is 0 Å². The highest BCUT2D eigenvalue weighted by atomic mass is 16.7. The van der Waals surface area contributed by atoms with E-state index in [1.165, 1.54) is 24.0 Å². The molecule has 0 heterocycles. The topological polar surface area (TPSA) is 76.7 Å². The third-order valence-corrected chi connectivity index (χ3v) is 4.80. The van der Waals surface area contributed by atoms with Crippen LogP contribution in [0.3, 0.4) is 0 Å². The van der Waals surface area contributed by atoms with E-state index in [1.54, 1.807) is 31.2 Å². The molecule has 28 heavy (non-hydrogen) atoms. The molecule has 0 aliphatic heterocycles. The van der Waals surface area contributed by atoms with Gasteiger partial charge in [-0.2, -0.15) is 0 Å². The summed E-state index contributed by atoms with van der Waals surface area (Å²) >= 11 is 0. The summed E-state index contributed by atoms with van der Waals surface area (Å²) in [4.78, 5) is 23.6. The van der Waals surface area contributed by atoms with Crippen molar-refractivity contribution in [2.75, 3.05) is 11.9 Å². The molecule has 1 aliphatic carbocycles. The molecule has 0 bridgehead atoms. The monoisotopic (exact) mass is 382 g/mol. The van der Waals surface area contributed by atoms with Crippen LogP contribution in [0.25, 0.3) is 0 Å². The predicted octanol–water partition coefficient (Wildman–Crippen LogP) is 4.98. The molecule has 2 aromatic carbocycles. The van der Waals surface area contributed by atoms with Crippen LogP contribution < -0.4 is 15.4 Å². The fraction of sp³-hybridized carbons (Fsp3) is 0.364. The number of fused-ring (bicyclic) bond motifs is 1. The lowest BCUT2D eigenvalue weighted by Crippen LogP contribution is -2.31. The van der Waals surface area contributed by atoms with Crippen molar-refractivity contribution in [3.8, 4) is 5.75 Å². The summed E-state index contributed by atoms with van der Waals surface area (Å²) in [6, 6.07) is 12.6. The molecule has 6 heteroatoms. The summed E-state index contributed by atoms with van der Waals surface area (Å²) in [5.74, 6) is 0.354. The molecule has 148 valence electrons. The number of nitrogens with one attached hydrogen (secondary N) is 2. The predicted molar refractivity (Wildman–Crippen MR) is 108 cm³/mol. The molecule has 0 aromatic heterocycles. The Balaban J connectivity index is 1.54. The number of carbonyl (C=O) groups is 2. The summed E-state index contributed by atoms with van der Waals surface area (Å²) in [5.41, 5.74) is 4.53. The van der Waals surface area contributed by atoms with Crippen LogP contribution in [0.1, 0.15) is 49.4 Å². The maximum Gasteiger partial charge on any atom is 0.513 e. The van der Waals surface area contributed by atoms with E-state index in [0.717, 1.165) is 18.4 Å². The third-order valence-electron chi connectivity index (χ3n) is 4.80. The Morgan fingerprint density at radius 2 is 1.75 bits per heavy atom. The first kappa shape index (κ1) is 19.7. The first-order chi connectivity index (χ1) is 13.5. The number of ether oxygens (including phenoxy) is 2. The number of anilines is 1. The Morgan fingerprint density at radius 3 is 2.46 bits per heavy atom. The maximum atomic E-state index is 12.3. The maximum absolute atomic E-state index is 12.3. The summed E-state index contributed by atoms with van der Waals surface area (Å²) in [6.07, 6.45) is 4.00. The van der Waals surface area contributed by atoms with Gasteiger partial charge in [0.1, 0.15) is 5.75 Å². The fourth-order valence-corrected chi connectivity index (χ4v) is 3.32. The number of hydrogen-bond donors (Lipinski definition) is 2. The van der Waals surface area contributed by atoms with Crippen LogP contribution in [0.5, 0.6) is 5.75 Å². The lowest BCUT2D eigenvalue weighted by atomic mass is 9.89. The standard InChI is InChI=1S/C22H26N2O4/c1-3-27-22(26)28-20-12-10-19(11-13-20)24-21(25)23-15(2)17-9-8-16-6-4-5-7-18(16)14-17/h8-15H,3-7H2,1-2H3,(H2,23,24,25). The van der Waals surface area contributed by atoms with Gasteiger partial charge in [0.05, 0.1) is 12.6 Å². The summed E-state index contributed by atoms with van der Waals surface area (Å²) in [6.45, 7) is 3.93. The van der Waals surface area contributed by atoms with Crippen molar-refractivity contribution in [2.45, 2.75) is 45.6 Å². The molecule has 2 amide bonds. The van der Waals surface area contributed by atoms with Crippen molar-refractivity contribution in [1.82, 2.24) is 5.32 Å². The summed E-state index contributed by atoms with van der Waals surface area (Å²) in [7, 11) is 0. The average molecular weight is 382 g/mol. The van der Waals surface area contributed by atoms with Gasteiger partial charge in [-0.1, -0.05) is 18.2 Å². The van der Waals surface area contributed by atoms with E-state index in [9.17, 15) is 9.59 Å². The second kappa shape index (κ2) is 9.26. The molecule has 0 radical (unpaired) electrons. The van der Waals surface area contributed by atoms with E-state index < -0.39 is 6.16 Å². The van der Waals surface area contributed by atoms with Gasteiger partial charge in [-0.3, -0.25) is 0 Å². The molecule has 0 saturated carbocycles. The summed E-state index contributed by atoms with van der Waals surface area (Å²) in [5, 5.41) is 5.75. The van der Waals surface area contributed by atoms with Gasteiger partial charge in [0.25, 0.3) is 0 Å². The van der Waals surface area contributed by atoms with E-state index in [4.69, 9.17) is 9.47 Å². The molecule has 0 spiro atoms. The minimum Gasteiger partial charge on any atom is -0.434 e. The molecular formula is C22H26N2O4. The zero-order valence-corrected chi connectivity index (χ0v) is 16.3. The molecule has 3 rings (SSSR count). The molecule has 1 atom stereocenters. The zero-order chi connectivity index (χ0) is 19.9. The first-order valence-corrected chi connectivity index (χ1v) is 9.69. The van der Waals surface area contributed by atoms with E-state index >= 15 is 0 Å². The highest BCUT2D eigenvalue weighted by Crippen LogP contribution is 2.25. The highest BCUT2D eigenvalue weighted by Gasteiger charge is 2.14. The third kappa shape index (κ3) is 5.25. The van der Waals surface area contributed by atoms with Crippen LogP contribution in [0.2, 0.25) is 0 Å². The number of aryl methyl sites for hydroxylation is 2. The lowest BCUT2D eigenvalue weighted by Gasteiger charge is -2.20. The largest absolute Gasteiger partial charge is 0.513 e. The van der Waals surface area contributed by atoms with E-state index in [-0.39, 0.29) is 18.7 Å². The van der Waals surface area contributed by atoms with Crippen LogP contribution >= 0.6 is 0 Å². The second-order valence-electron chi connectivity index (χ2n) is 6.86. The average Bonchev–Trinajstić information content (AvgIpc) is 2.69. The smallest absolute Gasteiger partial charge is 0.434 e. The minimum atomic E-state index is -0.750. The van der Waals surface area contributed by atoms with Crippen LogP contribution in [0.4, 0.5) is 15.3 Å². The Bertz CT molecular complexity index is 833. The number of hydrogen-bond acceptors (Lipinski definition) is 4. The molecule has 0 saturated heterocycles. The van der Waals surface area contributed by atoms with Crippen molar-refractivity contribution in [1.29, 1.82) is 0 Å². The Hall–Kier alpha value is -3.02. The zero-order valence-electron chi connectivity index (χ0n) is 16.3. The number of carbonyl (C=O) groups excluding carboxylic acids is 2. The van der Waals surface area contributed by atoms with Gasteiger partial charge in [-0.25, -0.2) is 9.59 Å². The van der Waals surface area contributed by atoms with E-state index in [2.05, 4.69) is 28.8 Å². The molecular weight excluding hydrogens is 356 g/mol. The normalized spacial score (nSPS) is 13.8. The van der Waals surface area contributed by atoms with Crippen molar-refractivity contribution >= 4 is 17.9 Å². The highest BCUT2D eigenvalue weighted by molar-refractivity contribution is 5.89. The van der Waals surface area contributed by atoms with Crippen LogP contribution in [0.15, 0.2) is 42.5 Å². The lowest BCUT2D eigenvalue weighted by molar-refractivity contribution is 0.104. The van der Waals surface area contributed by atoms with Gasteiger partial charge >= 0.3 is 12.2 Å². The van der Waals surface area contributed by atoms with Gasteiger partial charge in [0, 0.05) is 5.69 Å². The Labute approximate surface area is 165 Å². The van der Waals surface area contributed by atoms with Crippen molar-refractivity contribution in [2.24, 2.45) is 0 Å². The molecule has 1 unspecified atom stereocenters. The van der Waals surface area contributed by atoms with Gasteiger partial charge in [0.15, 0.2) is 0 Å². The van der Waals surface area contributed by atoms with Gasteiger partial charge in [-0.15, -0.1) is 0 Å². The van der Waals surface area contributed by atoms with Crippen molar-refractivity contribution < 1.29 is 19.1 Å². The van der Waals surface area contributed by atoms with E-state index in [0.29, 0.717) is 11.4 Å². The fourth-order valence-electron chi connectivity index (χ4n) is 3.32. The molecule has 0 fully saturated rings. The van der Waals surface area contributed by atoms with Crippen molar-refractivity contribution in [3.05, 3.63) is 59.2 Å². The number of amides is 2. The van der Waals surface area contributed by atoms with Gasteiger partial charge < -0.3 is 20.1 Å². The van der Waals surface area contributed by atoms with Crippen molar-refractivity contribution in [3.63, 3.8) is 0 Å². The molecule has 6 nitrogen and oxygen atoms in total. The first-order valence-electron chi connectivity index (χ1n) is 9.69. The Morgan fingerprint density at radius 1 is 1.04 bits per heavy atom. The Kier molecular flexibility index (Phi) is 6.53. The molecule has 2 aromatic rings. The summed E-state index contributed by atoms with van der Waals surface area (Å²) < 4.78 is 9.71. The van der Waals surface area contributed by atoms with Gasteiger partial charge in [-0.05, 0) is 80.5 Å². The minimum absolute atomic E-state index is 0.0985. The number of urea groups is 1. The van der Waals surface area contributed by atoms with E-state index in [1.807, 2.05) is 6.92 Å². The number of rotatable bonds is 5. The quantitative estimate of drug-likeness (QED) is 0.565.